The van der Waals surface area contributed by atoms with Crippen molar-refractivity contribution in [3.63, 3.8) is 0 Å². The minimum Gasteiger partial charge on any atom is -0.444 e. The van der Waals surface area contributed by atoms with E-state index in [1.54, 1.807) is 17.2 Å². The Morgan fingerprint density at radius 3 is 2.54 bits per heavy atom. The van der Waals surface area contributed by atoms with Gasteiger partial charge in [-0.15, -0.1) is 0 Å². The molecule has 7 nitrogen and oxygen atoms in total. The molecule has 1 atom stereocenters. The average molecular weight is 401 g/mol. The number of hydrogen-bond donors (Lipinski definition) is 0. The number of carbonyl (C=O) groups is 1. The van der Waals surface area contributed by atoms with E-state index in [0.717, 1.165) is 0 Å². The molecule has 1 fully saturated rings. The summed E-state index contributed by atoms with van der Waals surface area (Å²) in [4.78, 5) is 27.5. The van der Waals surface area contributed by atoms with Crippen molar-refractivity contribution in [2.24, 2.45) is 0 Å². The number of ether oxygens (including phenoxy) is 1. The second kappa shape index (κ2) is 6.67. The topological polar surface area (TPSA) is 68.8 Å². The molecule has 1 aliphatic heterocycles. The number of carbonyl (C=O) groups excluding carboxylic acids is 1. The van der Waals surface area contributed by atoms with Crippen molar-refractivity contribution in [2.75, 3.05) is 6.54 Å². The van der Waals surface area contributed by atoms with Crippen molar-refractivity contribution in [3.8, 4) is 5.69 Å². The maximum atomic E-state index is 13.3. The first-order valence-corrected chi connectivity index (χ1v) is 9.49. The lowest BCUT2D eigenvalue weighted by Gasteiger charge is -2.41. The number of para-hydroxylation sites is 1. The second-order valence-corrected chi connectivity index (χ2v) is 8.18. The van der Waals surface area contributed by atoms with Gasteiger partial charge >= 0.3 is 6.09 Å². The Morgan fingerprint density at radius 1 is 1.21 bits per heavy atom. The standard InChI is InChI=1S/C20H21ClN4O3/c1-20(2,3)28-19(27)23-11-10-15(23)17-22-24-12-9-14(21)16(24)18(26)25(17)13-7-5-4-6-8-13/h4-9,12,15H,10-11H2,1-3H3. The van der Waals surface area contributed by atoms with Crippen LogP contribution in [0.2, 0.25) is 5.02 Å². The Balaban J connectivity index is 1.85. The molecular weight excluding hydrogens is 380 g/mol. The van der Waals surface area contributed by atoms with E-state index >= 15 is 0 Å². The fourth-order valence-electron chi connectivity index (χ4n) is 3.28. The quantitative estimate of drug-likeness (QED) is 0.655. The first kappa shape index (κ1) is 18.6. The van der Waals surface area contributed by atoms with Crippen LogP contribution < -0.4 is 5.56 Å². The molecule has 1 aliphatic rings. The summed E-state index contributed by atoms with van der Waals surface area (Å²) in [6.07, 6.45) is 1.93. The highest BCUT2D eigenvalue weighted by molar-refractivity contribution is 6.33. The minimum atomic E-state index is -0.596. The zero-order valence-corrected chi connectivity index (χ0v) is 16.7. The molecule has 1 aromatic carbocycles. The van der Waals surface area contributed by atoms with Gasteiger partial charge in [0.15, 0.2) is 5.82 Å². The van der Waals surface area contributed by atoms with E-state index in [-0.39, 0.29) is 11.6 Å². The van der Waals surface area contributed by atoms with Crippen molar-refractivity contribution >= 4 is 23.2 Å². The molecule has 1 unspecified atom stereocenters. The first-order valence-electron chi connectivity index (χ1n) is 9.11. The largest absolute Gasteiger partial charge is 0.444 e. The zero-order valence-electron chi connectivity index (χ0n) is 15.9. The van der Waals surface area contributed by atoms with Gasteiger partial charge in [0.05, 0.1) is 16.8 Å². The summed E-state index contributed by atoms with van der Waals surface area (Å²) < 4.78 is 8.51. The van der Waals surface area contributed by atoms with Crippen molar-refractivity contribution < 1.29 is 9.53 Å². The highest BCUT2D eigenvalue weighted by Crippen LogP contribution is 2.34. The van der Waals surface area contributed by atoms with Gasteiger partial charge < -0.3 is 4.74 Å². The van der Waals surface area contributed by atoms with Gasteiger partial charge in [-0.05, 0) is 45.4 Å². The lowest BCUT2D eigenvalue weighted by Crippen LogP contribution is -2.49. The monoisotopic (exact) mass is 400 g/mol. The number of halogens is 1. The number of amides is 1. The molecule has 4 rings (SSSR count). The van der Waals surface area contributed by atoms with Gasteiger partial charge in [0.2, 0.25) is 0 Å². The number of fused-ring (bicyclic) bond motifs is 1. The second-order valence-electron chi connectivity index (χ2n) is 7.77. The van der Waals surface area contributed by atoms with Gasteiger partial charge in [-0.25, -0.2) is 9.31 Å². The highest BCUT2D eigenvalue weighted by atomic mass is 35.5. The van der Waals surface area contributed by atoms with E-state index in [1.807, 2.05) is 51.1 Å². The summed E-state index contributed by atoms with van der Waals surface area (Å²) in [5.41, 5.74) is 0.104. The summed E-state index contributed by atoms with van der Waals surface area (Å²) >= 11 is 6.21. The fourth-order valence-corrected chi connectivity index (χ4v) is 3.51. The number of likely N-dealkylation sites (tertiary alicyclic amines) is 1. The van der Waals surface area contributed by atoms with Crippen LogP contribution in [0.4, 0.5) is 4.79 Å². The Bertz CT molecular complexity index is 1100. The maximum absolute atomic E-state index is 13.3. The predicted octanol–water partition coefficient (Wildman–Crippen LogP) is 3.82. The van der Waals surface area contributed by atoms with Crippen LogP contribution in [0.15, 0.2) is 47.4 Å². The summed E-state index contributed by atoms with van der Waals surface area (Å²) in [5.74, 6) is 0.480. The van der Waals surface area contributed by atoms with E-state index in [2.05, 4.69) is 5.10 Å². The van der Waals surface area contributed by atoms with Crippen molar-refractivity contribution in [1.29, 1.82) is 0 Å². The van der Waals surface area contributed by atoms with Crippen LogP contribution in [0, 0.1) is 0 Å². The molecule has 0 radical (unpaired) electrons. The molecule has 3 heterocycles. The van der Waals surface area contributed by atoms with Crippen molar-refractivity contribution in [1.82, 2.24) is 19.1 Å². The molecule has 0 aliphatic carbocycles. The van der Waals surface area contributed by atoms with Crippen LogP contribution in [0.1, 0.15) is 39.1 Å². The van der Waals surface area contributed by atoms with Gasteiger partial charge in [0.25, 0.3) is 5.56 Å². The van der Waals surface area contributed by atoms with Crippen LogP contribution in [0.25, 0.3) is 11.2 Å². The lowest BCUT2D eigenvalue weighted by atomic mass is 10.0. The van der Waals surface area contributed by atoms with Crippen LogP contribution >= 0.6 is 11.6 Å². The predicted molar refractivity (Wildman–Crippen MR) is 106 cm³/mol. The number of nitrogens with zero attached hydrogens (tertiary/aromatic N) is 4. The van der Waals surface area contributed by atoms with E-state index in [0.29, 0.717) is 35.0 Å². The zero-order chi connectivity index (χ0) is 20.1. The molecule has 1 saturated heterocycles. The normalized spacial score (nSPS) is 16.9. The molecule has 28 heavy (non-hydrogen) atoms. The molecule has 0 N–H and O–H groups in total. The van der Waals surface area contributed by atoms with Gasteiger partial charge in [0, 0.05) is 12.7 Å². The number of benzene rings is 1. The fraction of sp³-hybridized carbons (Fsp3) is 0.350. The average Bonchev–Trinajstić information content (AvgIpc) is 2.94. The van der Waals surface area contributed by atoms with Gasteiger partial charge in [-0.1, -0.05) is 29.8 Å². The molecule has 0 saturated carbocycles. The van der Waals surface area contributed by atoms with Crippen molar-refractivity contribution in [2.45, 2.75) is 38.8 Å². The lowest BCUT2D eigenvalue weighted by molar-refractivity contribution is -0.00811. The summed E-state index contributed by atoms with van der Waals surface area (Å²) in [5, 5.41) is 4.97. The summed E-state index contributed by atoms with van der Waals surface area (Å²) in [6.45, 7) is 6.03. The molecule has 0 spiro atoms. The van der Waals surface area contributed by atoms with E-state index in [9.17, 15) is 9.59 Å². The van der Waals surface area contributed by atoms with Gasteiger partial charge in [-0.3, -0.25) is 14.3 Å². The first-order chi connectivity index (χ1) is 13.3. The van der Waals surface area contributed by atoms with Crippen LogP contribution in [-0.4, -0.2) is 37.3 Å². The van der Waals surface area contributed by atoms with Gasteiger partial charge in [0.1, 0.15) is 11.1 Å². The molecule has 2 aromatic heterocycles. The van der Waals surface area contributed by atoms with Crippen molar-refractivity contribution in [3.05, 3.63) is 63.8 Å². The van der Waals surface area contributed by atoms with E-state index < -0.39 is 11.7 Å². The van der Waals surface area contributed by atoms with Crippen LogP contribution in [0.3, 0.4) is 0 Å². The summed E-state index contributed by atoms with van der Waals surface area (Å²) in [7, 11) is 0. The molecular formula is C20H21ClN4O3. The molecule has 3 aromatic rings. The third-order valence-electron chi connectivity index (χ3n) is 4.62. The Kier molecular flexibility index (Phi) is 4.42. The molecule has 1 amide bonds. The van der Waals surface area contributed by atoms with Crippen LogP contribution in [0.5, 0.6) is 0 Å². The SMILES string of the molecule is CC(C)(C)OC(=O)N1CCC1c1nn2ccc(Cl)c2c(=O)n1-c1ccccc1. The Labute approximate surface area is 167 Å². The molecule has 8 heteroatoms. The smallest absolute Gasteiger partial charge is 0.410 e. The van der Waals surface area contributed by atoms with E-state index in [1.165, 1.54) is 9.08 Å². The van der Waals surface area contributed by atoms with Gasteiger partial charge in [-0.2, -0.15) is 5.10 Å². The van der Waals surface area contributed by atoms with Crippen LogP contribution in [-0.2, 0) is 4.74 Å². The highest BCUT2D eigenvalue weighted by Gasteiger charge is 2.39. The number of aromatic nitrogens is 3. The number of hydrogen-bond acceptors (Lipinski definition) is 4. The Morgan fingerprint density at radius 2 is 1.93 bits per heavy atom. The maximum Gasteiger partial charge on any atom is 0.410 e. The third kappa shape index (κ3) is 3.16. The number of rotatable bonds is 2. The van der Waals surface area contributed by atoms with E-state index in [4.69, 9.17) is 16.3 Å². The summed E-state index contributed by atoms with van der Waals surface area (Å²) in [6, 6.07) is 10.5. The molecule has 146 valence electrons. The molecule has 0 bridgehead atoms. The Hall–Kier alpha value is -2.80. The minimum absolute atomic E-state index is 0.276. The third-order valence-corrected chi connectivity index (χ3v) is 4.93.